The second-order valence-corrected chi connectivity index (χ2v) is 15.5. The molecule has 218 valence electrons. The highest BCUT2D eigenvalue weighted by Gasteiger charge is 2.51. The van der Waals surface area contributed by atoms with Gasteiger partial charge in [-0.3, -0.25) is 4.57 Å². The minimum atomic E-state index is -5.68. The predicted molar refractivity (Wildman–Crippen MR) is 162 cm³/mol. The third kappa shape index (κ3) is 7.45. The molecule has 4 N–H and O–H groups in total. The van der Waals surface area contributed by atoms with Gasteiger partial charge in [0.15, 0.2) is 0 Å². The Morgan fingerprint density at radius 1 is 0.950 bits per heavy atom. The van der Waals surface area contributed by atoms with Crippen LogP contribution in [0.4, 0.5) is 8.78 Å². The van der Waals surface area contributed by atoms with E-state index < -0.39 is 28.8 Å². The molecule has 0 heterocycles. The predicted octanol–water partition coefficient (Wildman–Crippen LogP) is 8.34. The van der Waals surface area contributed by atoms with Gasteiger partial charge in [0, 0.05) is 36.4 Å². The van der Waals surface area contributed by atoms with Gasteiger partial charge in [-0.2, -0.15) is 8.78 Å². The van der Waals surface area contributed by atoms with Gasteiger partial charge in [-0.1, -0.05) is 71.2 Å². The van der Waals surface area contributed by atoms with Crippen LogP contribution in [0.1, 0.15) is 41.7 Å². The quantitative estimate of drug-likeness (QED) is 0.134. The van der Waals surface area contributed by atoms with Crippen molar-refractivity contribution in [3.05, 3.63) is 84.8 Å². The summed E-state index contributed by atoms with van der Waals surface area (Å²) in [6.45, 7) is 3.64. The Balaban J connectivity index is 1.81. The van der Waals surface area contributed by atoms with Crippen LogP contribution in [0.25, 0.3) is 0 Å². The van der Waals surface area contributed by atoms with E-state index >= 15 is 0 Å². The van der Waals surface area contributed by atoms with Crippen molar-refractivity contribution in [1.29, 1.82) is 0 Å². The molecule has 3 aromatic rings. The van der Waals surface area contributed by atoms with E-state index in [0.717, 1.165) is 15.9 Å². The molecule has 0 spiro atoms. The van der Waals surface area contributed by atoms with Crippen molar-refractivity contribution >= 4 is 80.3 Å². The smallest absolute Gasteiger partial charge is 0.320 e. The number of hydrogen-bond acceptors (Lipinski definition) is 5. The molecule has 40 heavy (non-hydrogen) atoms. The Hall–Kier alpha value is -0.660. The normalized spacial score (nSPS) is 12.7. The number of halogens is 5. The zero-order valence-electron chi connectivity index (χ0n) is 21.1. The zero-order chi connectivity index (χ0) is 30.0. The lowest BCUT2D eigenvalue weighted by atomic mass is 10.0. The maximum absolute atomic E-state index is 14.1. The van der Waals surface area contributed by atoms with E-state index in [1.807, 2.05) is 38.1 Å². The molecule has 0 bridgehead atoms. The number of alkyl halides is 2. The minimum Gasteiger partial charge on any atom is -0.320 e. The van der Waals surface area contributed by atoms with Crippen molar-refractivity contribution < 1.29 is 31.6 Å². The molecule has 0 unspecified atom stereocenters. The molecule has 3 aromatic carbocycles. The molecular formula is C25H25BrCl2F2NO5PS3. The van der Waals surface area contributed by atoms with E-state index in [2.05, 4.69) is 15.9 Å². The molecule has 0 aromatic heterocycles. The molecule has 3 rings (SSSR count). The van der Waals surface area contributed by atoms with Crippen molar-refractivity contribution in [3.63, 3.8) is 0 Å². The van der Waals surface area contributed by atoms with Gasteiger partial charge >= 0.3 is 13.3 Å². The van der Waals surface area contributed by atoms with E-state index in [0.29, 0.717) is 51.6 Å². The SMILES string of the molecule is CCc1c(Cl)c(CSc2cccc(SCc3ccc(C(F)(F)P(=O)(O)O)c(Br)c3)c2)c(CC)c(S(N)(=O)=O)c1Cl. The standard InChI is InChI=1S/C25H25BrCl2F2NO5PS3/c1-3-17-19(22(27)18(4-2)23(28)24(17)40(31,35)36)13-39-16-7-5-6-15(11-16)38-12-14-8-9-20(21(26)10-14)25(29,30)37(32,33)34/h5-11H,3-4,12-13H2,1-2H3,(H2,31,35,36)(H2,32,33,34). The molecule has 0 radical (unpaired) electrons. The van der Waals surface area contributed by atoms with Crippen LogP contribution in [0.5, 0.6) is 0 Å². The largest absolute Gasteiger partial charge is 0.399 e. The van der Waals surface area contributed by atoms with Crippen LogP contribution >= 0.6 is 70.3 Å². The molecule has 0 atom stereocenters. The molecule has 0 amide bonds. The van der Waals surface area contributed by atoms with E-state index in [1.54, 1.807) is 0 Å². The summed E-state index contributed by atoms with van der Waals surface area (Å²) >= 11 is 19.0. The Bertz CT molecular complexity index is 1590. The van der Waals surface area contributed by atoms with Crippen LogP contribution < -0.4 is 5.14 Å². The van der Waals surface area contributed by atoms with Crippen LogP contribution in [0.2, 0.25) is 10.0 Å². The van der Waals surface area contributed by atoms with Gasteiger partial charge in [0.1, 0.15) is 4.90 Å². The summed E-state index contributed by atoms with van der Waals surface area (Å²) in [5.74, 6) is 0.792. The van der Waals surface area contributed by atoms with Gasteiger partial charge in [0.05, 0.1) is 5.02 Å². The van der Waals surface area contributed by atoms with Crippen LogP contribution in [0.15, 0.2) is 61.6 Å². The number of sulfonamides is 1. The van der Waals surface area contributed by atoms with E-state index in [4.69, 9.17) is 38.1 Å². The van der Waals surface area contributed by atoms with Gasteiger partial charge < -0.3 is 9.79 Å². The van der Waals surface area contributed by atoms with Gasteiger partial charge in [-0.05, 0) is 59.4 Å². The van der Waals surface area contributed by atoms with E-state index in [9.17, 15) is 21.8 Å². The van der Waals surface area contributed by atoms with Gasteiger partial charge in [0.2, 0.25) is 10.0 Å². The van der Waals surface area contributed by atoms with Gasteiger partial charge in [-0.25, -0.2) is 13.6 Å². The fourth-order valence-corrected chi connectivity index (χ4v) is 9.48. The highest BCUT2D eigenvalue weighted by Crippen LogP contribution is 2.60. The number of benzene rings is 3. The van der Waals surface area contributed by atoms with Crippen LogP contribution in [-0.4, -0.2) is 18.2 Å². The van der Waals surface area contributed by atoms with E-state index in [-0.39, 0.29) is 14.4 Å². The lowest BCUT2D eigenvalue weighted by molar-refractivity contribution is 0.0557. The number of hydrogen-bond donors (Lipinski definition) is 3. The Kier molecular flexibility index (Phi) is 11.3. The first kappa shape index (κ1) is 33.8. The lowest BCUT2D eigenvalue weighted by Crippen LogP contribution is -2.17. The maximum Gasteiger partial charge on any atom is 0.399 e. The van der Waals surface area contributed by atoms with Crippen molar-refractivity contribution in [3.8, 4) is 0 Å². The number of rotatable bonds is 11. The number of primary sulfonamides is 1. The van der Waals surface area contributed by atoms with Crippen molar-refractivity contribution in [2.75, 3.05) is 0 Å². The fourth-order valence-electron chi connectivity index (χ4n) is 3.97. The Morgan fingerprint density at radius 2 is 1.52 bits per heavy atom. The minimum absolute atomic E-state index is 0.0594. The fraction of sp³-hybridized carbons (Fsp3) is 0.280. The Labute approximate surface area is 258 Å². The van der Waals surface area contributed by atoms with Gasteiger partial charge in [-0.15, -0.1) is 23.5 Å². The molecule has 0 saturated carbocycles. The molecule has 0 fully saturated rings. The topological polar surface area (TPSA) is 118 Å². The Morgan fingerprint density at radius 3 is 2.02 bits per heavy atom. The van der Waals surface area contributed by atoms with Crippen molar-refractivity contribution in [2.45, 2.75) is 58.5 Å². The summed E-state index contributed by atoms with van der Waals surface area (Å²) < 4.78 is 64.1. The summed E-state index contributed by atoms with van der Waals surface area (Å²) in [5.41, 5.74) is -2.73. The third-order valence-electron chi connectivity index (χ3n) is 5.94. The van der Waals surface area contributed by atoms with Crippen LogP contribution in [0.3, 0.4) is 0 Å². The number of thioether (sulfide) groups is 2. The van der Waals surface area contributed by atoms with Crippen LogP contribution in [-0.2, 0) is 44.6 Å². The summed E-state index contributed by atoms with van der Waals surface area (Å²) in [5, 5.41) is 5.99. The summed E-state index contributed by atoms with van der Waals surface area (Å²) in [6.07, 6.45) is 0.803. The average Bonchev–Trinajstić information content (AvgIpc) is 2.85. The highest BCUT2D eigenvalue weighted by molar-refractivity contribution is 9.10. The van der Waals surface area contributed by atoms with E-state index in [1.165, 1.54) is 35.7 Å². The lowest BCUT2D eigenvalue weighted by Gasteiger charge is -2.20. The maximum atomic E-state index is 14.1. The summed E-state index contributed by atoms with van der Waals surface area (Å²) in [4.78, 5) is 19.7. The second-order valence-electron chi connectivity index (χ2n) is 8.60. The van der Waals surface area contributed by atoms with Crippen molar-refractivity contribution in [1.82, 2.24) is 0 Å². The van der Waals surface area contributed by atoms with Crippen LogP contribution in [0, 0.1) is 0 Å². The molecule has 15 heteroatoms. The first-order valence-electron chi connectivity index (χ1n) is 11.6. The van der Waals surface area contributed by atoms with Gasteiger partial charge in [0.25, 0.3) is 0 Å². The summed E-state index contributed by atoms with van der Waals surface area (Å²) in [6, 6.07) is 11.4. The summed E-state index contributed by atoms with van der Waals surface area (Å²) in [7, 11) is -9.76. The first-order chi connectivity index (χ1) is 18.5. The second kappa shape index (κ2) is 13.3. The highest BCUT2D eigenvalue weighted by atomic mass is 79.9. The zero-order valence-corrected chi connectivity index (χ0v) is 27.6. The molecule has 0 saturated heterocycles. The molecule has 6 nitrogen and oxygen atoms in total. The number of nitrogens with two attached hydrogens (primary N) is 1. The average molecular weight is 735 g/mol. The molecule has 0 aliphatic rings. The van der Waals surface area contributed by atoms with Crippen molar-refractivity contribution in [2.24, 2.45) is 5.14 Å². The molecule has 0 aliphatic carbocycles. The molecule has 0 aliphatic heterocycles. The monoisotopic (exact) mass is 733 g/mol. The third-order valence-corrected chi connectivity index (χ3v) is 11.7. The first-order valence-corrected chi connectivity index (χ1v) is 18.3. The molecular weight excluding hydrogens is 710 g/mol.